The highest BCUT2D eigenvalue weighted by Gasteiger charge is 2.09. The number of nitrogens with zero attached hydrogens (tertiary/aromatic N) is 3. The highest BCUT2D eigenvalue weighted by atomic mass is 79.9. The molecular formula is C23H13BrN4O. The molecule has 5 nitrogen and oxygen atoms in total. The van der Waals surface area contributed by atoms with Crippen LogP contribution >= 0.6 is 15.9 Å². The topological polar surface area (TPSA) is 55.3 Å². The van der Waals surface area contributed by atoms with Crippen molar-refractivity contribution in [2.24, 2.45) is 0 Å². The summed E-state index contributed by atoms with van der Waals surface area (Å²) in [5.74, 6) is 0.584. The molecule has 3 aromatic carbocycles. The predicted molar refractivity (Wildman–Crippen MR) is 118 cm³/mol. The Morgan fingerprint density at radius 1 is 0.931 bits per heavy atom. The highest BCUT2D eigenvalue weighted by Crippen LogP contribution is 2.30. The number of halogens is 1. The van der Waals surface area contributed by atoms with Crippen molar-refractivity contribution in [3.05, 3.63) is 88.8 Å². The summed E-state index contributed by atoms with van der Waals surface area (Å²) in [7, 11) is 0. The minimum absolute atomic E-state index is 0.584. The van der Waals surface area contributed by atoms with Crippen LogP contribution in [0.2, 0.25) is 0 Å². The molecule has 0 spiro atoms. The Labute approximate surface area is 175 Å². The Morgan fingerprint density at radius 2 is 1.79 bits per heavy atom. The second-order valence-electron chi connectivity index (χ2n) is 6.51. The van der Waals surface area contributed by atoms with Crippen LogP contribution in [0.1, 0.15) is 0 Å². The molecular weight excluding hydrogens is 428 g/mol. The molecule has 29 heavy (non-hydrogen) atoms. The van der Waals surface area contributed by atoms with Gasteiger partial charge in [-0.3, -0.25) is 4.98 Å². The number of hydrogen-bond acceptors (Lipinski definition) is 4. The fourth-order valence-electron chi connectivity index (χ4n) is 3.19. The van der Waals surface area contributed by atoms with E-state index in [4.69, 9.17) is 11.0 Å². The van der Waals surface area contributed by atoms with E-state index in [0.29, 0.717) is 11.6 Å². The molecule has 0 aliphatic carbocycles. The summed E-state index contributed by atoms with van der Waals surface area (Å²) in [5, 5.41) is 4.32. The first kappa shape index (κ1) is 17.4. The third-order valence-electron chi connectivity index (χ3n) is 4.61. The van der Waals surface area contributed by atoms with E-state index in [1.54, 1.807) is 12.3 Å². The summed E-state index contributed by atoms with van der Waals surface area (Å²) in [5.41, 5.74) is 5.73. The summed E-state index contributed by atoms with van der Waals surface area (Å²) < 4.78 is 6.83. The molecule has 0 amide bonds. The van der Waals surface area contributed by atoms with Crippen LogP contribution in [-0.2, 0) is 0 Å². The second-order valence-corrected chi connectivity index (χ2v) is 7.42. The van der Waals surface area contributed by atoms with Gasteiger partial charge in [-0.1, -0.05) is 22.0 Å². The van der Waals surface area contributed by atoms with E-state index in [1.807, 2.05) is 60.7 Å². The lowest BCUT2D eigenvalue weighted by atomic mass is 10.1. The fourth-order valence-corrected chi connectivity index (χ4v) is 3.54. The van der Waals surface area contributed by atoms with Crippen molar-refractivity contribution in [3.63, 3.8) is 0 Å². The number of anilines is 2. The number of oxazole rings is 1. The van der Waals surface area contributed by atoms with Crippen molar-refractivity contribution in [3.8, 4) is 11.5 Å². The molecule has 5 aromatic rings. The van der Waals surface area contributed by atoms with E-state index < -0.39 is 0 Å². The molecule has 0 aliphatic rings. The zero-order chi connectivity index (χ0) is 19.8. The van der Waals surface area contributed by atoms with Gasteiger partial charge in [0.1, 0.15) is 5.52 Å². The van der Waals surface area contributed by atoms with Crippen LogP contribution in [0.4, 0.5) is 17.1 Å². The summed E-state index contributed by atoms with van der Waals surface area (Å²) in [4.78, 5) is 12.4. The minimum atomic E-state index is 0.584. The zero-order valence-electron chi connectivity index (χ0n) is 15.1. The third kappa shape index (κ3) is 3.33. The monoisotopic (exact) mass is 440 g/mol. The van der Waals surface area contributed by atoms with E-state index in [0.717, 1.165) is 43.4 Å². The first-order valence-electron chi connectivity index (χ1n) is 8.89. The van der Waals surface area contributed by atoms with Crippen LogP contribution in [-0.4, -0.2) is 9.97 Å². The molecule has 5 rings (SSSR count). The number of benzene rings is 3. The number of rotatable bonds is 3. The van der Waals surface area contributed by atoms with Crippen LogP contribution < -0.4 is 5.32 Å². The van der Waals surface area contributed by atoms with Gasteiger partial charge in [0.2, 0.25) is 5.89 Å². The van der Waals surface area contributed by atoms with Crippen LogP contribution in [0, 0.1) is 6.57 Å². The van der Waals surface area contributed by atoms with Crippen LogP contribution in [0.15, 0.2) is 81.8 Å². The van der Waals surface area contributed by atoms with Gasteiger partial charge in [-0.15, -0.1) is 0 Å². The first-order valence-corrected chi connectivity index (χ1v) is 9.69. The van der Waals surface area contributed by atoms with E-state index in [-0.39, 0.29) is 0 Å². The lowest BCUT2D eigenvalue weighted by molar-refractivity contribution is 0.620. The molecule has 2 heterocycles. The maximum absolute atomic E-state index is 7.23. The Hall–Kier alpha value is -3.69. The van der Waals surface area contributed by atoms with Gasteiger partial charge < -0.3 is 9.73 Å². The molecule has 0 saturated heterocycles. The number of fused-ring (bicyclic) bond motifs is 2. The van der Waals surface area contributed by atoms with E-state index in [1.165, 1.54) is 0 Å². The SMILES string of the molecule is [C-]#[N+]c1ccc2nccc(Nc3ccc(-c4nc5cc(Br)ccc5o4)cc3)c2c1. The molecule has 1 N–H and O–H groups in total. The van der Waals surface area contributed by atoms with Gasteiger partial charge in [0.05, 0.1) is 12.1 Å². The normalized spacial score (nSPS) is 10.9. The van der Waals surface area contributed by atoms with Gasteiger partial charge in [0, 0.05) is 33.0 Å². The maximum Gasteiger partial charge on any atom is 0.227 e. The Bertz CT molecular complexity index is 1400. The van der Waals surface area contributed by atoms with Gasteiger partial charge in [-0.25, -0.2) is 9.83 Å². The summed E-state index contributed by atoms with van der Waals surface area (Å²) in [6.45, 7) is 7.23. The number of nitrogens with one attached hydrogen (secondary N) is 1. The largest absolute Gasteiger partial charge is 0.436 e. The van der Waals surface area contributed by atoms with Gasteiger partial charge in [-0.2, -0.15) is 0 Å². The Kier molecular flexibility index (Phi) is 4.23. The van der Waals surface area contributed by atoms with Gasteiger partial charge in [-0.05, 0) is 60.7 Å². The van der Waals surface area contributed by atoms with Gasteiger partial charge >= 0.3 is 0 Å². The average Bonchev–Trinajstić information content (AvgIpc) is 3.17. The Balaban J connectivity index is 1.46. The van der Waals surface area contributed by atoms with Gasteiger partial charge in [0.25, 0.3) is 0 Å². The smallest absolute Gasteiger partial charge is 0.227 e. The predicted octanol–water partition coefficient (Wildman–Crippen LogP) is 7.10. The molecule has 6 heteroatoms. The van der Waals surface area contributed by atoms with Crippen molar-refractivity contribution < 1.29 is 4.42 Å². The van der Waals surface area contributed by atoms with Crippen LogP contribution in [0.3, 0.4) is 0 Å². The number of hydrogen-bond donors (Lipinski definition) is 1. The summed E-state index contributed by atoms with van der Waals surface area (Å²) in [6.07, 6.45) is 1.76. The molecule has 0 aliphatic heterocycles. The van der Waals surface area contributed by atoms with Crippen LogP contribution in [0.25, 0.3) is 38.3 Å². The average molecular weight is 441 g/mol. The highest BCUT2D eigenvalue weighted by molar-refractivity contribution is 9.10. The molecule has 0 unspecified atom stereocenters. The Morgan fingerprint density at radius 3 is 2.62 bits per heavy atom. The maximum atomic E-state index is 7.23. The standard InChI is InChI=1S/C23H13BrN4O/c1-25-17-7-8-19-18(13-17)20(10-11-26-19)27-16-5-2-14(3-6-16)23-28-21-12-15(24)4-9-22(21)29-23/h2-13H,(H,26,27). The second kappa shape index (κ2) is 7.04. The quantitative estimate of drug-likeness (QED) is 0.304. The molecule has 0 bridgehead atoms. The fraction of sp³-hybridized carbons (Fsp3) is 0. The molecule has 138 valence electrons. The number of aromatic nitrogens is 2. The lowest BCUT2D eigenvalue weighted by Crippen LogP contribution is -1.92. The van der Waals surface area contributed by atoms with Crippen molar-refractivity contribution in [2.75, 3.05) is 5.32 Å². The van der Waals surface area contributed by atoms with Crippen molar-refractivity contribution in [1.82, 2.24) is 9.97 Å². The molecule has 0 fully saturated rings. The molecule has 0 saturated carbocycles. The van der Waals surface area contributed by atoms with Crippen molar-refractivity contribution in [2.45, 2.75) is 0 Å². The number of pyridine rings is 1. The summed E-state index contributed by atoms with van der Waals surface area (Å²) >= 11 is 3.45. The van der Waals surface area contributed by atoms with E-state index in [2.05, 4.69) is 36.1 Å². The lowest BCUT2D eigenvalue weighted by Gasteiger charge is -2.10. The zero-order valence-corrected chi connectivity index (χ0v) is 16.6. The molecule has 2 aromatic heterocycles. The summed E-state index contributed by atoms with van der Waals surface area (Å²) in [6, 6.07) is 21.1. The van der Waals surface area contributed by atoms with Crippen molar-refractivity contribution in [1.29, 1.82) is 0 Å². The van der Waals surface area contributed by atoms with E-state index >= 15 is 0 Å². The first-order chi connectivity index (χ1) is 14.2. The molecule has 0 atom stereocenters. The molecule has 0 radical (unpaired) electrons. The minimum Gasteiger partial charge on any atom is -0.436 e. The van der Waals surface area contributed by atoms with Crippen LogP contribution in [0.5, 0.6) is 0 Å². The third-order valence-corrected chi connectivity index (χ3v) is 5.11. The van der Waals surface area contributed by atoms with E-state index in [9.17, 15) is 0 Å². The van der Waals surface area contributed by atoms with Gasteiger partial charge in [0.15, 0.2) is 11.3 Å². The van der Waals surface area contributed by atoms with Crippen molar-refractivity contribution >= 4 is 55.0 Å².